The molecule has 3 atom stereocenters. The van der Waals surface area contributed by atoms with Crippen LogP contribution < -0.4 is 5.73 Å². The molecule has 0 fully saturated rings. The normalized spacial score (nSPS) is 16.3. The molecule has 0 radical (unpaired) electrons. The third-order valence-corrected chi connectivity index (χ3v) is 4.51. The number of thioether (sulfide) groups is 1. The van der Waals surface area contributed by atoms with Crippen molar-refractivity contribution in [3.8, 4) is 0 Å². The second-order valence-corrected chi connectivity index (χ2v) is 6.47. The van der Waals surface area contributed by atoms with Gasteiger partial charge in [-0.1, -0.05) is 37.3 Å². The van der Waals surface area contributed by atoms with Crippen molar-refractivity contribution in [2.75, 3.05) is 25.6 Å². The van der Waals surface area contributed by atoms with Crippen molar-refractivity contribution in [1.82, 2.24) is 4.90 Å². The molecule has 1 aromatic rings. The summed E-state index contributed by atoms with van der Waals surface area (Å²) in [6.07, 6.45) is 3.41. The van der Waals surface area contributed by atoms with E-state index in [1.54, 1.807) is 0 Å². The molecule has 0 amide bonds. The minimum Gasteiger partial charge on any atom is -0.324 e. The van der Waals surface area contributed by atoms with Crippen LogP contribution in [0.5, 0.6) is 0 Å². The lowest BCUT2D eigenvalue weighted by Crippen LogP contribution is -2.36. The average molecular weight is 280 g/mol. The molecule has 0 aliphatic rings. The molecule has 0 aliphatic heterocycles. The molecule has 3 heteroatoms. The second kappa shape index (κ2) is 8.62. The van der Waals surface area contributed by atoms with E-state index < -0.39 is 0 Å². The first-order valence-corrected chi connectivity index (χ1v) is 8.45. The van der Waals surface area contributed by atoms with E-state index in [1.807, 2.05) is 17.8 Å². The molecule has 0 saturated heterocycles. The molecular formula is C16H28N2S. The van der Waals surface area contributed by atoms with Gasteiger partial charge in [0.15, 0.2) is 0 Å². The van der Waals surface area contributed by atoms with E-state index >= 15 is 0 Å². The number of rotatable bonds is 8. The van der Waals surface area contributed by atoms with Gasteiger partial charge in [-0.05, 0) is 43.9 Å². The van der Waals surface area contributed by atoms with Crippen LogP contribution in [0.1, 0.15) is 31.9 Å². The minimum atomic E-state index is 0.122. The van der Waals surface area contributed by atoms with Gasteiger partial charge in [0.1, 0.15) is 0 Å². The minimum absolute atomic E-state index is 0.122. The Morgan fingerprint density at radius 1 is 1.21 bits per heavy atom. The van der Waals surface area contributed by atoms with Crippen LogP contribution in [-0.2, 0) is 0 Å². The Balaban J connectivity index is 2.47. The molecule has 1 aromatic carbocycles. The SMILES string of the molecule is CSCCC(C)N(C)CC(C)C(N)c1ccccc1. The Kier molecular flexibility index (Phi) is 7.51. The maximum atomic E-state index is 6.36. The molecule has 3 unspecified atom stereocenters. The third-order valence-electron chi connectivity index (χ3n) is 3.87. The Hall–Kier alpha value is -0.510. The molecule has 0 saturated carbocycles. The Morgan fingerprint density at radius 2 is 1.84 bits per heavy atom. The van der Waals surface area contributed by atoms with Crippen LogP contribution in [0.25, 0.3) is 0 Å². The van der Waals surface area contributed by atoms with Gasteiger partial charge in [0.05, 0.1) is 0 Å². The highest BCUT2D eigenvalue weighted by Crippen LogP contribution is 2.20. The number of hydrogen-bond acceptors (Lipinski definition) is 3. The van der Waals surface area contributed by atoms with Crippen molar-refractivity contribution in [3.05, 3.63) is 35.9 Å². The molecule has 0 aromatic heterocycles. The highest BCUT2D eigenvalue weighted by atomic mass is 32.2. The average Bonchev–Trinajstić information content (AvgIpc) is 2.44. The molecule has 2 nitrogen and oxygen atoms in total. The summed E-state index contributed by atoms with van der Waals surface area (Å²) in [5.41, 5.74) is 7.59. The van der Waals surface area contributed by atoms with E-state index in [-0.39, 0.29) is 6.04 Å². The Labute approximate surface area is 122 Å². The molecule has 0 aliphatic carbocycles. The van der Waals surface area contributed by atoms with Crippen LogP contribution in [0.3, 0.4) is 0 Å². The van der Waals surface area contributed by atoms with Gasteiger partial charge in [-0.2, -0.15) is 11.8 Å². The predicted molar refractivity (Wildman–Crippen MR) is 87.6 cm³/mol. The lowest BCUT2D eigenvalue weighted by atomic mass is 9.94. The maximum Gasteiger partial charge on any atom is 0.0333 e. The van der Waals surface area contributed by atoms with E-state index in [1.165, 1.54) is 17.7 Å². The zero-order chi connectivity index (χ0) is 14.3. The van der Waals surface area contributed by atoms with Gasteiger partial charge in [0, 0.05) is 18.6 Å². The van der Waals surface area contributed by atoms with Gasteiger partial charge in [-0.25, -0.2) is 0 Å². The maximum absolute atomic E-state index is 6.36. The second-order valence-electron chi connectivity index (χ2n) is 5.48. The van der Waals surface area contributed by atoms with E-state index in [2.05, 4.69) is 56.3 Å². The van der Waals surface area contributed by atoms with Crippen LogP contribution in [0.15, 0.2) is 30.3 Å². The van der Waals surface area contributed by atoms with Crippen LogP contribution in [0.2, 0.25) is 0 Å². The number of hydrogen-bond donors (Lipinski definition) is 1. The van der Waals surface area contributed by atoms with Gasteiger partial charge in [0.2, 0.25) is 0 Å². The van der Waals surface area contributed by atoms with Gasteiger partial charge < -0.3 is 10.6 Å². The Bertz CT molecular complexity index is 342. The monoisotopic (exact) mass is 280 g/mol. The Morgan fingerprint density at radius 3 is 2.42 bits per heavy atom. The standard InChI is InChI=1S/C16H28N2S/c1-13(12-18(3)14(2)10-11-19-4)16(17)15-8-6-5-7-9-15/h5-9,13-14,16H,10-12,17H2,1-4H3. The highest BCUT2D eigenvalue weighted by Gasteiger charge is 2.18. The summed E-state index contributed by atoms with van der Waals surface area (Å²) in [5.74, 6) is 1.69. The lowest BCUT2D eigenvalue weighted by Gasteiger charge is -2.30. The van der Waals surface area contributed by atoms with E-state index in [0.717, 1.165) is 6.54 Å². The number of nitrogens with zero attached hydrogens (tertiary/aromatic N) is 1. The predicted octanol–water partition coefficient (Wildman–Crippen LogP) is 3.40. The lowest BCUT2D eigenvalue weighted by molar-refractivity contribution is 0.207. The summed E-state index contributed by atoms with van der Waals surface area (Å²) in [4.78, 5) is 2.43. The first-order valence-electron chi connectivity index (χ1n) is 7.06. The van der Waals surface area contributed by atoms with Crippen LogP contribution in [-0.4, -0.2) is 36.5 Å². The zero-order valence-corrected chi connectivity index (χ0v) is 13.5. The van der Waals surface area contributed by atoms with Crippen LogP contribution in [0.4, 0.5) is 0 Å². The summed E-state index contributed by atoms with van der Waals surface area (Å²) in [5, 5.41) is 0. The van der Waals surface area contributed by atoms with Crippen molar-refractivity contribution < 1.29 is 0 Å². The fraction of sp³-hybridized carbons (Fsp3) is 0.625. The summed E-state index contributed by atoms with van der Waals surface area (Å²) >= 11 is 1.92. The van der Waals surface area contributed by atoms with Gasteiger partial charge in [-0.3, -0.25) is 0 Å². The third kappa shape index (κ3) is 5.55. The molecule has 19 heavy (non-hydrogen) atoms. The van der Waals surface area contributed by atoms with E-state index in [4.69, 9.17) is 5.73 Å². The first kappa shape index (κ1) is 16.5. The van der Waals surface area contributed by atoms with Gasteiger partial charge in [-0.15, -0.1) is 0 Å². The molecule has 108 valence electrons. The van der Waals surface area contributed by atoms with Crippen molar-refractivity contribution in [2.24, 2.45) is 11.7 Å². The fourth-order valence-corrected chi connectivity index (χ4v) is 2.84. The molecule has 0 bridgehead atoms. The molecule has 0 heterocycles. The summed E-state index contributed by atoms with van der Waals surface area (Å²) < 4.78 is 0. The summed E-state index contributed by atoms with van der Waals surface area (Å²) in [7, 11) is 2.21. The summed E-state index contributed by atoms with van der Waals surface area (Å²) in [6, 6.07) is 11.2. The summed E-state index contributed by atoms with van der Waals surface area (Å²) in [6.45, 7) is 5.60. The van der Waals surface area contributed by atoms with E-state index in [9.17, 15) is 0 Å². The van der Waals surface area contributed by atoms with Gasteiger partial charge >= 0.3 is 0 Å². The quantitative estimate of drug-likeness (QED) is 0.791. The molecule has 2 N–H and O–H groups in total. The largest absolute Gasteiger partial charge is 0.324 e. The molecular weight excluding hydrogens is 252 g/mol. The van der Waals surface area contributed by atoms with Crippen molar-refractivity contribution in [2.45, 2.75) is 32.4 Å². The number of nitrogens with two attached hydrogens (primary N) is 1. The highest BCUT2D eigenvalue weighted by molar-refractivity contribution is 7.98. The first-order chi connectivity index (χ1) is 9.06. The molecule has 1 rings (SSSR count). The smallest absolute Gasteiger partial charge is 0.0333 e. The van der Waals surface area contributed by atoms with E-state index in [0.29, 0.717) is 12.0 Å². The molecule has 0 spiro atoms. The number of benzene rings is 1. The fourth-order valence-electron chi connectivity index (χ4n) is 2.26. The van der Waals surface area contributed by atoms with Crippen molar-refractivity contribution in [1.29, 1.82) is 0 Å². The van der Waals surface area contributed by atoms with Crippen molar-refractivity contribution >= 4 is 11.8 Å². The van der Waals surface area contributed by atoms with Crippen molar-refractivity contribution in [3.63, 3.8) is 0 Å². The zero-order valence-electron chi connectivity index (χ0n) is 12.7. The topological polar surface area (TPSA) is 29.3 Å². The van der Waals surface area contributed by atoms with Crippen LogP contribution in [0, 0.1) is 5.92 Å². The van der Waals surface area contributed by atoms with Gasteiger partial charge in [0.25, 0.3) is 0 Å². The van der Waals surface area contributed by atoms with Crippen LogP contribution >= 0.6 is 11.8 Å².